The van der Waals surface area contributed by atoms with E-state index < -0.39 is 0 Å². The lowest BCUT2D eigenvalue weighted by Crippen LogP contribution is -2.22. The summed E-state index contributed by atoms with van der Waals surface area (Å²) < 4.78 is 5.90. The van der Waals surface area contributed by atoms with Crippen LogP contribution in [0.25, 0.3) is 0 Å². The maximum Gasteiger partial charge on any atom is 0.0607 e. The van der Waals surface area contributed by atoms with E-state index in [2.05, 4.69) is 6.92 Å². The van der Waals surface area contributed by atoms with Crippen LogP contribution in [0.4, 0.5) is 0 Å². The topological polar surface area (TPSA) is 9.23 Å². The van der Waals surface area contributed by atoms with Gasteiger partial charge in [0.15, 0.2) is 0 Å². The first kappa shape index (κ1) is 8.55. The molecule has 0 aromatic rings. The van der Waals surface area contributed by atoms with Crippen molar-refractivity contribution in [3.05, 3.63) is 0 Å². The summed E-state index contributed by atoms with van der Waals surface area (Å²) in [6.45, 7) is 2.21. The van der Waals surface area contributed by atoms with Crippen molar-refractivity contribution >= 4 is 0 Å². The largest absolute Gasteiger partial charge is 0.375 e. The van der Waals surface area contributed by atoms with E-state index >= 15 is 0 Å². The second kappa shape index (κ2) is 3.78. The summed E-state index contributed by atoms with van der Waals surface area (Å²) in [5, 5.41) is 0. The Bertz CT molecular complexity index is 135. The second-order valence-electron chi connectivity index (χ2n) is 4.46. The molecule has 0 bridgehead atoms. The van der Waals surface area contributed by atoms with Crippen molar-refractivity contribution in [1.82, 2.24) is 0 Å². The van der Waals surface area contributed by atoms with Crippen LogP contribution in [0.5, 0.6) is 0 Å². The monoisotopic (exact) mass is 168 g/mol. The predicted octanol–water partition coefficient (Wildman–Crippen LogP) is 3.13. The Kier molecular flexibility index (Phi) is 2.69. The van der Waals surface area contributed by atoms with Crippen LogP contribution < -0.4 is 0 Å². The number of ether oxygens (including phenoxy) is 1. The van der Waals surface area contributed by atoms with Crippen LogP contribution in [0.1, 0.15) is 51.9 Å². The third-order valence-corrected chi connectivity index (χ3v) is 3.44. The molecule has 2 fully saturated rings. The Hall–Kier alpha value is -0.0400. The molecule has 0 radical (unpaired) electrons. The van der Waals surface area contributed by atoms with Gasteiger partial charge in [-0.3, -0.25) is 0 Å². The third kappa shape index (κ3) is 1.82. The lowest BCUT2D eigenvalue weighted by Gasteiger charge is -2.26. The minimum absolute atomic E-state index is 0.539. The van der Waals surface area contributed by atoms with E-state index in [0.29, 0.717) is 12.2 Å². The highest BCUT2D eigenvalue weighted by Gasteiger charge is 2.29. The molecule has 0 spiro atoms. The van der Waals surface area contributed by atoms with Gasteiger partial charge in [-0.05, 0) is 38.5 Å². The number of hydrogen-bond acceptors (Lipinski definition) is 1. The third-order valence-electron chi connectivity index (χ3n) is 3.44. The lowest BCUT2D eigenvalue weighted by atomic mass is 9.84. The highest BCUT2D eigenvalue weighted by atomic mass is 16.5. The van der Waals surface area contributed by atoms with E-state index in [0.717, 1.165) is 5.92 Å². The van der Waals surface area contributed by atoms with Crippen LogP contribution in [0.3, 0.4) is 0 Å². The van der Waals surface area contributed by atoms with Crippen molar-refractivity contribution in [3.8, 4) is 0 Å². The van der Waals surface area contributed by atoms with Crippen molar-refractivity contribution in [1.29, 1.82) is 0 Å². The highest BCUT2D eigenvalue weighted by Crippen LogP contribution is 2.34. The average Bonchev–Trinajstić information content (AvgIpc) is 2.54. The smallest absolute Gasteiger partial charge is 0.0607 e. The first-order valence-corrected chi connectivity index (χ1v) is 5.52. The number of hydrogen-bond donors (Lipinski definition) is 0. The SMILES string of the molecule is C[C@@H]1CC[C@@H](C2CCCCC2)O1. The van der Waals surface area contributed by atoms with Gasteiger partial charge in [-0.15, -0.1) is 0 Å². The van der Waals surface area contributed by atoms with Crippen LogP contribution in [0, 0.1) is 5.92 Å². The summed E-state index contributed by atoms with van der Waals surface area (Å²) in [4.78, 5) is 0. The molecule has 2 rings (SSSR count). The Balaban J connectivity index is 1.83. The predicted molar refractivity (Wildman–Crippen MR) is 50.1 cm³/mol. The zero-order valence-electron chi connectivity index (χ0n) is 8.09. The van der Waals surface area contributed by atoms with Gasteiger partial charge in [0.25, 0.3) is 0 Å². The molecule has 1 saturated heterocycles. The molecule has 0 aromatic carbocycles. The standard InChI is InChI=1S/C11H20O/c1-9-7-8-11(12-9)10-5-3-2-4-6-10/h9-11H,2-8H2,1H3/t9-,11+/m1/s1. The van der Waals surface area contributed by atoms with Gasteiger partial charge in [-0.1, -0.05) is 19.3 Å². The molecule has 0 N–H and O–H groups in total. The van der Waals surface area contributed by atoms with Gasteiger partial charge < -0.3 is 4.74 Å². The zero-order chi connectivity index (χ0) is 8.39. The minimum Gasteiger partial charge on any atom is -0.375 e. The maximum absolute atomic E-state index is 5.90. The quantitative estimate of drug-likeness (QED) is 0.584. The summed E-state index contributed by atoms with van der Waals surface area (Å²) in [5.74, 6) is 0.906. The Morgan fingerprint density at radius 3 is 2.25 bits per heavy atom. The van der Waals surface area contributed by atoms with Crippen LogP contribution in [0.15, 0.2) is 0 Å². The molecular formula is C11H20O. The lowest BCUT2D eigenvalue weighted by molar-refractivity contribution is 0.00840. The second-order valence-corrected chi connectivity index (χ2v) is 4.46. The van der Waals surface area contributed by atoms with Crippen LogP contribution in [0.2, 0.25) is 0 Å². The molecule has 1 aliphatic heterocycles. The summed E-state index contributed by atoms with van der Waals surface area (Å²) in [5.41, 5.74) is 0. The normalized spacial score (nSPS) is 38.8. The molecule has 0 amide bonds. The van der Waals surface area contributed by atoms with Crippen LogP contribution in [-0.4, -0.2) is 12.2 Å². The van der Waals surface area contributed by atoms with Crippen molar-refractivity contribution in [2.24, 2.45) is 5.92 Å². The first-order chi connectivity index (χ1) is 5.86. The van der Waals surface area contributed by atoms with Gasteiger partial charge in [0, 0.05) is 0 Å². The Morgan fingerprint density at radius 2 is 1.67 bits per heavy atom. The Labute approximate surface area is 75.5 Å². The Morgan fingerprint density at radius 1 is 0.917 bits per heavy atom. The summed E-state index contributed by atoms with van der Waals surface area (Å²) in [7, 11) is 0. The molecule has 1 saturated carbocycles. The molecule has 1 heterocycles. The van der Waals surface area contributed by atoms with E-state index in [-0.39, 0.29) is 0 Å². The molecule has 1 aliphatic carbocycles. The van der Waals surface area contributed by atoms with Gasteiger partial charge in [0.05, 0.1) is 12.2 Å². The van der Waals surface area contributed by atoms with E-state index in [1.807, 2.05) is 0 Å². The molecule has 2 atom stereocenters. The van der Waals surface area contributed by atoms with E-state index in [4.69, 9.17) is 4.74 Å². The first-order valence-electron chi connectivity index (χ1n) is 5.52. The van der Waals surface area contributed by atoms with Crippen LogP contribution in [-0.2, 0) is 4.74 Å². The van der Waals surface area contributed by atoms with E-state index in [1.165, 1.54) is 44.9 Å². The van der Waals surface area contributed by atoms with Crippen molar-refractivity contribution in [2.75, 3.05) is 0 Å². The van der Waals surface area contributed by atoms with Crippen molar-refractivity contribution in [3.63, 3.8) is 0 Å². The molecular weight excluding hydrogens is 148 g/mol. The highest BCUT2D eigenvalue weighted by molar-refractivity contribution is 4.79. The molecule has 12 heavy (non-hydrogen) atoms. The van der Waals surface area contributed by atoms with Gasteiger partial charge in [-0.2, -0.15) is 0 Å². The summed E-state index contributed by atoms with van der Waals surface area (Å²) in [6, 6.07) is 0. The van der Waals surface area contributed by atoms with Crippen LogP contribution >= 0.6 is 0 Å². The minimum atomic E-state index is 0.539. The van der Waals surface area contributed by atoms with Crippen molar-refractivity contribution < 1.29 is 4.74 Å². The number of rotatable bonds is 1. The fourth-order valence-electron chi connectivity index (χ4n) is 2.69. The van der Waals surface area contributed by atoms with Gasteiger partial charge in [0.2, 0.25) is 0 Å². The fourth-order valence-corrected chi connectivity index (χ4v) is 2.69. The van der Waals surface area contributed by atoms with E-state index in [1.54, 1.807) is 0 Å². The van der Waals surface area contributed by atoms with E-state index in [9.17, 15) is 0 Å². The molecule has 1 nitrogen and oxygen atoms in total. The molecule has 2 aliphatic rings. The molecule has 0 aromatic heterocycles. The molecule has 0 unspecified atom stereocenters. The fraction of sp³-hybridized carbons (Fsp3) is 1.00. The molecule has 70 valence electrons. The zero-order valence-corrected chi connectivity index (χ0v) is 8.09. The average molecular weight is 168 g/mol. The maximum atomic E-state index is 5.90. The van der Waals surface area contributed by atoms with Crippen molar-refractivity contribution in [2.45, 2.75) is 64.1 Å². The van der Waals surface area contributed by atoms with Gasteiger partial charge in [-0.25, -0.2) is 0 Å². The summed E-state index contributed by atoms with van der Waals surface area (Å²) in [6.07, 6.45) is 11.0. The summed E-state index contributed by atoms with van der Waals surface area (Å²) >= 11 is 0. The van der Waals surface area contributed by atoms with Gasteiger partial charge >= 0.3 is 0 Å². The molecule has 1 heteroatoms. The van der Waals surface area contributed by atoms with Gasteiger partial charge in [0.1, 0.15) is 0 Å².